The van der Waals surface area contributed by atoms with Crippen LogP contribution in [0.2, 0.25) is 0 Å². The lowest BCUT2D eigenvalue weighted by atomic mass is 10.1. The van der Waals surface area contributed by atoms with Crippen LogP contribution in [0, 0.1) is 5.82 Å². The lowest BCUT2D eigenvalue weighted by Crippen LogP contribution is -2.43. The summed E-state index contributed by atoms with van der Waals surface area (Å²) < 4.78 is 30.5. The van der Waals surface area contributed by atoms with Crippen LogP contribution in [0.3, 0.4) is 0 Å². The molecule has 0 saturated carbocycles. The molecule has 3 rings (SSSR count). The number of carbonyl (C=O) groups is 1. The molecule has 1 amide bonds. The van der Waals surface area contributed by atoms with Gasteiger partial charge in [-0.25, -0.2) is 4.39 Å². The molecule has 2 aromatic rings. The molecule has 0 radical (unpaired) electrons. The van der Waals surface area contributed by atoms with Crippen molar-refractivity contribution in [2.75, 3.05) is 33.9 Å². The summed E-state index contributed by atoms with van der Waals surface area (Å²) in [5, 5.41) is 2.78. The van der Waals surface area contributed by atoms with Gasteiger partial charge in [-0.3, -0.25) is 9.69 Å². The number of ether oxygens (including phenoxy) is 3. The predicted molar refractivity (Wildman–Crippen MR) is 108 cm³/mol. The van der Waals surface area contributed by atoms with E-state index in [0.717, 1.165) is 25.9 Å². The van der Waals surface area contributed by atoms with Crippen molar-refractivity contribution >= 4 is 5.91 Å². The van der Waals surface area contributed by atoms with E-state index in [1.807, 2.05) is 18.2 Å². The van der Waals surface area contributed by atoms with Crippen molar-refractivity contribution in [2.45, 2.75) is 25.5 Å². The molecule has 1 heterocycles. The molecule has 0 spiro atoms. The van der Waals surface area contributed by atoms with Gasteiger partial charge in [-0.15, -0.1) is 0 Å². The highest BCUT2D eigenvalue weighted by atomic mass is 19.1. The Morgan fingerprint density at radius 1 is 1.07 bits per heavy atom. The molecule has 1 saturated heterocycles. The SMILES string of the molecule is COc1cccc(OC)c1OC1CCN(CC(=O)NCc2ccccc2F)CC1. The molecule has 0 bridgehead atoms. The second-order valence-electron chi connectivity index (χ2n) is 6.95. The van der Waals surface area contributed by atoms with E-state index in [2.05, 4.69) is 10.2 Å². The molecule has 7 heteroatoms. The number of benzene rings is 2. The number of nitrogens with one attached hydrogen (secondary N) is 1. The van der Waals surface area contributed by atoms with Crippen molar-refractivity contribution in [1.82, 2.24) is 10.2 Å². The number of rotatable bonds is 8. The Hall–Kier alpha value is -2.80. The van der Waals surface area contributed by atoms with Gasteiger partial charge in [-0.2, -0.15) is 0 Å². The number of para-hydroxylation sites is 1. The molecule has 156 valence electrons. The Kier molecular flexibility index (Phi) is 7.30. The van der Waals surface area contributed by atoms with Gasteiger partial charge in [0.1, 0.15) is 11.9 Å². The number of hydrogen-bond donors (Lipinski definition) is 1. The largest absolute Gasteiger partial charge is 0.493 e. The minimum atomic E-state index is -0.308. The molecule has 29 heavy (non-hydrogen) atoms. The Bertz CT molecular complexity index is 800. The highest BCUT2D eigenvalue weighted by Gasteiger charge is 2.24. The quantitative estimate of drug-likeness (QED) is 0.736. The number of likely N-dealkylation sites (tertiary alicyclic amines) is 1. The maximum Gasteiger partial charge on any atom is 0.234 e. The topological polar surface area (TPSA) is 60.0 Å². The van der Waals surface area contributed by atoms with E-state index >= 15 is 0 Å². The molecule has 1 aliphatic rings. The predicted octanol–water partition coefficient (Wildman–Crippen LogP) is 3.00. The summed E-state index contributed by atoms with van der Waals surface area (Å²) in [6, 6.07) is 12.0. The Morgan fingerprint density at radius 2 is 1.72 bits per heavy atom. The fourth-order valence-electron chi connectivity index (χ4n) is 3.38. The fourth-order valence-corrected chi connectivity index (χ4v) is 3.38. The van der Waals surface area contributed by atoms with Crippen LogP contribution in [0.5, 0.6) is 17.2 Å². The summed E-state index contributed by atoms with van der Waals surface area (Å²) in [4.78, 5) is 14.3. The Labute approximate surface area is 170 Å². The van der Waals surface area contributed by atoms with Crippen LogP contribution in [-0.2, 0) is 11.3 Å². The number of nitrogens with zero attached hydrogens (tertiary/aromatic N) is 1. The van der Waals surface area contributed by atoms with Crippen LogP contribution in [-0.4, -0.2) is 50.8 Å². The molecule has 1 fully saturated rings. The summed E-state index contributed by atoms with van der Waals surface area (Å²) in [7, 11) is 3.20. The van der Waals surface area contributed by atoms with Gasteiger partial charge in [0.25, 0.3) is 0 Å². The van der Waals surface area contributed by atoms with Gasteiger partial charge in [-0.05, 0) is 31.0 Å². The first-order chi connectivity index (χ1) is 14.1. The van der Waals surface area contributed by atoms with Crippen LogP contribution in [0.25, 0.3) is 0 Å². The average Bonchev–Trinajstić information content (AvgIpc) is 2.74. The molecule has 1 N–H and O–H groups in total. The molecular weight excluding hydrogens is 375 g/mol. The van der Waals surface area contributed by atoms with Crippen molar-refractivity contribution in [1.29, 1.82) is 0 Å². The van der Waals surface area contributed by atoms with Crippen LogP contribution >= 0.6 is 0 Å². The third-order valence-corrected chi connectivity index (χ3v) is 5.00. The molecule has 0 unspecified atom stereocenters. The first kappa shape index (κ1) is 20.9. The summed E-state index contributed by atoms with van der Waals surface area (Å²) in [5.74, 6) is 1.47. The summed E-state index contributed by atoms with van der Waals surface area (Å²) in [6.45, 7) is 1.97. The molecule has 0 aromatic heterocycles. The number of methoxy groups -OCH3 is 2. The van der Waals surface area contributed by atoms with Crippen molar-refractivity contribution in [2.24, 2.45) is 0 Å². The van der Waals surface area contributed by atoms with Gasteiger partial charge < -0.3 is 19.5 Å². The van der Waals surface area contributed by atoms with Crippen molar-refractivity contribution in [3.05, 3.63) is 53.8 Å². The molecular formula is C22H27FN2O4. The summed E-state index contributed by atoms with van der Waals surface area (Å²) >= 11 is 0. The standard InChI is InChI=1S/C22H27FN2O4/c1-27-19-8-5-9-20(28-2)22(19)29-17-10-12-25(13-11-17)15-21(26)24-14-16-6-3-4-7-18(16)23/h3-9,17H,10-15H2,1-2H3,(H,24,26). The molecule has 0 atom stereocenters. The first-order valence-corrected chi connectivity index (χ1v) is 9.70. The zero-order valence-electron chi connectivity index (χ0n) is 16.8. The van der Waals surface area contributed by atoms with Gasteiger partial charge in [0, 0.05) is 25.2 Å². The van der Waals surface area contributed by atoms with Crippen LogP contribution in [0.4, 0.5) is 4.39 Å². The summed E-state index contributed by atoms with van der Waals surface area (Å²) in [5.41, 5.74) is 0.485. The molecule has 0 aliphatic carbocycles. The van der Waals surface area contributed by atoms with Crippen LogP contribution < -0.4 is 19.5 Å². The zero-order chi connectivity index (χ0) is 20.6. The second-order valence-corrected chi connectivity index (χ2v) is 6.95. The van der Waals surface area contributed by atoms with Crippen LogP contribution in [0.1, 0.15) is 18.4 Å². The lowest BCUT2D eigenvalue weighted by Gasteiger charge is -2.32. The van der Waals surface area contributed by atoms with Gasteiger partial charge in [0.2, 0.25) is 11.7 Å². The third kappa shape index (κ3) is 5.60. The Balaban J connectivity index is 1.46. The lowest BCUT2D eigenvalue weighted by molar-refractivity contribution is -0.122. The normalized spacial score (nSPS) is 15.0. The highest BCUT2D eigenvalue weighted by molar-refractivity contribution is 5.78. The first-order valence-electron chi connectivity index (χ1n) is 9.70. The van der Waals surface area contributed by atoms with E-state index in [-0.39, 0.29) is 24.4 Å². The molecule has 1 aliphatic heterocycles. The van der Waals surface area contributed by atoms with Crippen LogP contribution in [0.15, 0.2) is 42.5 Å². The average molecular weight is 402 g/mol. The maximum absolute atomic E-state index is 13.6. The Morgan fingerprint density at radius 3 is 2.34 bits per heavy atom. The molecule has 2 aromatic carbocycles. The van der Waals surface area contributed by atoms with E-state index in [4.69, 9.17) is 14.2 Å². The maximum atomic E-state index is 13.6. The number of carbonyl (C=O) groups excluding carboxylic acids is 1. The molecule has 6 nitrogen and oxygen atoms in total. The van der Waals surface area contributed by atoms with Crippen molar-refractivity contribution in [3.63, 3.8) is 0 Å². The van der Waals surface area contributed by atoms with Gasteiger partial charge in [-0.1, -0.05) is 24.3 Å². The number of hydrogen-bond acceptors (Lipinski definition) is 5. The van der Waals surface area contributed by atoms with E-state index < -0.39 is 0 Å². The van der Waals surface area contributed by atoms with E-state index in [0.29, 0.717) is 29.4 Å². The fraction of sp³-hybridized carbons (Fsp3) is 0.409. The minimum Gasteiger partial charge on any atom is -0.493 e. The monoisotopic (exact) mass is 402 g/mol. The van der Waals surface area contributed by atoms with Gasteiger partial charge in [0.05, 0.1) is 20.8 Å². The number of amides is 1. The minimum absolute atomic E-state index is 0.0259. The number of piperidine rings is 1. The van der Waals surface area contributed by atoms with Crippen molar-refractivity contribution in [3.8, 4) is 17.2 Å². The second kappa shape index (κ2) is 10.1. The zero-order valence-corrected chi connectivity index (χ0v) is 16.8. The van der Waals surface area contributed by atoms with E-state index in [9.17, 15) is 9.18 Å². The van der Waals surface area contributed by atoms with E-state index in [1.54, 1.807) is 32.4 Å². The third-order valence-electron chi connectivity index (χ3n) is 5.00. The smallest absolute Gasteiger partial charge is 0.234 e. The van der Waals surface area contributed by atoms with Gasteiger partial charge in [0.15, 0.2) is 11.5 Å². The van der Waals surface area contributed by atoms with E-state index in [1.165, 1.54) is 6.07 Å². The van der Waals surface area contributed by atoms with Crippen molar-refractivity contribution < 1.29 is 23.4 Å². The summed E-state index contributed by atoms with van der Waals surface area (Å²) in [6.07, 6.45) is 1.61. The highest BCUT2D eigenvalue weighted by Crippen LogP contribution is 2.38. The number of halogens is 1. The van der Waals surface area contributed by atoms with Gasteiger partial charge >= 0.3 is 0 Å².